The average molecular weight is 390 g/mol. The lowest BCUT2D eigenvalue weighted by atomic mass is 10.0. The zero-order chi connectivity index (χ0) is 20.5. The van der Waals surface area contributed by atoms with Crippen LogP contribution >= 0.6 is 0 Å². The fourth-order valence-electron chi connectivity index (χ4n) is 2.76. The first kappa shape index (κ1) is 20.1. The number of para-hydroxylation sites is 1. The summed E-state index contributed by atoms with van der Waals surface area (Å²) in [5.74, 6) is 0.870. The normalized spacial score (nSPS) is 10.2. The highest BCUT2D eigenvalue weighted by Crippen LogP contribution is 2.26. The fourth-order valence-corrected chi connectivity index (χ4v) is 2.76. The lowest BCUT2D eigenvalue weighted by Gasteiger charge is -2.08. The number of hydroxylamine groups is 1. The van der Waals surface area contributed by atoms with Crippen LogP contribution in [0.15, 0.2) is 78.9 Å². The Morgan fingerprint density at radius 1 is 0.793 bits per heavy atom. The molecule has 0 unspecified atom stereocenters. The van der Waals surface area contributed by atoms with Crippen LogP contribution in [0.5, 0.6) is 11.5 Å². The smallest absolute Gasteiger partial charge is 0.251 e. The van der Waals surface area contributed by atoms with Crippen molar-refractivity contribution in [2.24, 2.45) is 0 Å². The van der Waals surface area contributed by atoms with Gasteiger partial charge in [0.25, 0.3) is 5.91 Å². The Bertz CT molecular complexity index is 939. The molecule has 0 atom stereocenters. The van der Waals surface area contributed by atoms with Crippen molar-refractivity contribution in [2.75, 3.05) is 6.54 Å². The highest BCUT2D eigenvalue weighted by Gasteiger charge is 2.07. The van der Waals surface area contributed by atoms with Gasteiger partial charge in [0, 0.05) is 18.5 Å². The van der Waals surface area contributed by atoms with Gasteiger partial charge in [-0.25, -0.2) is 5.48 Å². The Morgan fingerprint density at radius 3 is 2.00 bits per heavy atom. The van der Waals surface area contributed by atoms with Crippen molar-refractivity contribution < 1.29 is 19.5 Å². The third-order valence-electron chi connectivity index (χ3n) is 4.30. The molecule has 2 amide bonds. The van der Waals surface area contributed by atoms with Crippen LogP contribution in [-0.4, -0.2) is 23.6 Å². The van der Waals surface area contributed by atoms with Gasteiger partial charge in [0.1, 0.15) is 11.5 Å². The number of carbonyl (C=O) groups excluding carboxylic acids is 2. The van der Waals surface area contributed by atoms with E-state index in [1.165, 1.54) is 0 Å². The van der Waals surface area contributed by atoms with Crippen LogP contribution in [0, 0.1) is 0 Å². The first-order valence-corrected chi connectivity index (χ1v) is 9.30. The molecule has 0 spiro atoms. The average Bonchev–Trinajstić information content (AvgIpc) is 2.77. The molecule has 0 aliphatic carbocycles. The predicted molar refractivity (Wildman–Crippen MR) is 110 cm³/mol. The zero-order valence-electron chi connectivity index (χ0n) is 15.8. The molecular formula is C23H22N2O4. The zero-order valence-corrected chi connectivity index (χ0v) is 15.8. The first-order valence-electron chi connectivity index (χ1n) is 9.30. The topological polar surface area (TPSA) is 87.7 Å². The van der Waals surface area contributed by atoms with Crippen LogP contribution in [0.3, 0.4) is 0 Å². The molecule has 0 heterocycles. The van der Waals surface area contributed by atoms with Gasteiger partial charge in [-0.05, 0) is 53.9 Å². The standard InChI is InChI=1S/C23H22N2O4/c26-22(25-28)7-4-16-24-23(27)19-10-8-17(9-11-19)18-12-14-21(15-13-18)29-20-5-2-1-3-6-20/h1-3,5-6,8-15,28H,4,7,16H2,(H,24,27)(H,25,26). The number of benzene rings is 3. The molecule has 0 radical (unpaired) electrons. The van der Waals surface area contributed by atoms with Gasteiger partial charge in [-0.3, -0.25) is 14.8 Å². The second-order valence-corrected chi connectivity index (χ2v) is 6.41. The third-order valence-corrected chi connectivity index (χ3v) is 4.30. The summed E-state index contributed by atoms with van der Waals surface area (Å²) in [4.78, 5) is 23.1. The van der Waals surface area contributed by atoms with Crippen LogP contribution in [0.25, 0.3) is 11.1 Å². The maximum absolute atomic E-state index is 12.1. The summed E-state index contributed by atoms with van der Waals surface area (Å²) in [6, 6.07) is 24.7. The number of amides is 2. The summed E-state index contributed by atoms with van der Waals surface area (Å²) in [5, 5.41) is 11.2. The Hall–Kier alpha value is -3.64. The Morgan fingerprint density at radius 2 is 1.38 bits per heavy atom. The van der Waals surface area contributed by atoms with Gasteiger partial charge in [0.2, 0.25) is 5.91 Å². The minimum atomic E-state index is -0.469. The van der Waals surface area contributed by atoms with Gasteiger partial charge in [-0.2, -0.15) is 0 Å². The molecule has 6 nitrogen and oxygen atoms in total. The van der Waals surface area contributed by atoms with Crippen LogP contribution in [0.1, 0.15) is 23.2 Å². The minimum Gasteiger partial charge on any atom is -0.457 e. The molecule has 0 aliphatic heterocycles. The van der Waals surface area contributed by atoms with E-state index in [0.717, 1.165) is 22.6 Å². The van der Waals surface area contributed by atoms with Gasteiger partial charge in [0.15, 0.2) is 0 Å². The van der Waals surface area contributed by atoms with E-state index in [2.05, 4.69) is 5.32 Å². The molecule has 0 bridgehead atoms. The van der Waals surface area contributed by atoms with Crippen molar-refractivity contribution in [1.29, 1.82) is 0 Å². The Kier molecular flexibility index (Phi) is 6.97. The highest BCUT2D eigenvalue weighted by molar-refractivity contribution is 5.94. The van der Waals surface area contributed by atoms with E-state index in [-0.39, 0.29) is 12.3 Å². The van der Waals surface area contributed by atoms with Crippen LogP contribution in [-0.2, 0) is 4.79 Å². The lowest BCUT2D eigenvalue weighted by Crippen LogP contribution is -2.26. The van der Waals surface area contributed by atoms with Crippen molar-refractivity contribution in [3.63, 3.8) is 0 Å². The van der Waals surface area contributed by atoms with Crippen molar-refractivity contribution in [3.8, 4) is 22.6 Å². The van der Waals surface area contributed by atoms with Crippen molar-refractivity contribution in [1.82, 2.24) is 10.8 Å². The molecule has 0 saturated carbocycles. The molecule has 0 saturated heterocycles. The first-order chi connectivity index (χ1) is 14.2. The SMILES string of the molecule is O=C(CCCNC(=O)c1ccc(-c2ccc(Oc3ccccc3)cc2)cc1)NO. The van der Waals surface area contributed by atoms with E-state index in [9.17, 15) is 9.59 Å². The molecule has 3 aromatic carbocycles. The summed E-state index contributed by atoms with van der Waals surface area (Å²) in [7, 11) is 0. The minimum absolute atomic E-state index is 0.152. The summed E-state index contributed by atoms with van der Waals surface area (Å²) < 4.78 is 5.80. The van der Waals surface area contributed by atoms with E-state index in [4.69, 9.17) is 9.94 Å². The molecule has 148 valence electrons. The summed E-state index contributed by atoms with van der Waals surface area (Å²) >= 11 is 0. The molecule has 0 aromatic heterocycles. The molecule has 3 rings (SSSR count). The van der Waals surface area contributed by atoms with Gasteiger partial charge < -0.3 is 10.1 Å². The number of rotatable bonds is 8. The molecular weight excluding hydrogens is 368 g/mol. The largest absolute Gasteiger partial charge is 0.457 e. The van der Waals surface area contributed by atoms with Crippen LogP contribution < -0.4 is 15.5 Å². The molecule has 3 N–H and O–H groups in total. The maximum atomic E-state index is 12.1. The number of hydrogen-bond acceptors (Lipinski definition) is 4. The maximum Gasteiger partial charge on any atom is 0.251 e. The summed E-state index contributed by atoms with van der Waals surface area (Å²) in [6.45, 7) is 0.358. The Labute approximate surface area is 169 Å². The summed E-state index contributed by atoms with van der Waals surface area (Å²) in [5.41, 5.74) is 4.12. The molecule has 3 aromatic rings. The van der Waals surface area contributed by atoms with E-state index in [1.807, 2.05) is 66.7 Å². The van der Waals surface area contributed by atoms with Gasteiger partial charge in [-0.15, -0.1) is 0 Å². The number of hydrogen-bond donors (Lipinski definition) is 3. The third kappa shape index (κ3) is 5.92. The van der Waals surface area contributed by atoms with Crippen LogP contribution in [0.4, 0.5) is 0 Å². The quantitative estimate of drug-likeness (QED) is 0.306. The second kappa shape index (κ2) is 10.1. The van der Waals surface area contributed by atoms with Crippen molar-refractivity contribution >= 4 is 11.8 Å². The molecule has 6 heteroatoms. The summed E-state index contributed by atoms with van der Waals surface area (Å²) in [6.07, 6.45) is 0.604. The van der Waals surface area contributed by atoms with Crippen LogP contribution in [0.2, 0.25) is 0 Å². The van der Waals surface area contributed by atoms with E-state index in [1.54, 1.807) is 17.6 Å². The molecule has 29 heavy (non-hydrogen) atoms. The molecule has 0 aliphatic rings. The van der Waals surface area contributed by atoms with Crippen molar-refractivity contribution in [3.05, 3.63) is 84.4 Å². The van der Waals surface area contributed by atoms with E-state index in [0.29, 0.717) is 18.5 Å². The number of nitrogens with one attached hydrogen (secondary N) is 2. The van der Waals surface area contributed by atoms with Crippen molar-refractivity contribution in [2.45, 2.75) is 12.8 Å². The lowest BCUT2D eigenvalue weighted by molar-refractivity contribution is -0.129. The second-order valence-electron chi connectivity index (χ2n) is 6.41. The molecule has 0 fully saturated rings. The van der Waals surface area contributed by atoms with E-state index >= 15 is 0 Å². The number of carbonyl (C=O) groups is 2. The van der Waals surface area contributed by atoms with Gasteiger partial charge >= 0.3 is 0 Å². The predicted octanol–water partition coefficient (Wildman–Crippen LogP) is 4.16. The van der Waals surface area contributed by atoms with E-state index < -0.39 is 5.91 Å². The fraction of sp³-hybridized carbons (Fsp3) is 0.130. The van der Waals surface area contributed by atoms with Gasteiger partial charge in [-0.1, -0.05) is 42.5 Å². The Balaban J connectivity index is 1.55. The monoisotopic (exact) mass is 390 g/mol. The highest BCUT2D eigenvalue weighted by atomic mass is 16.5. The number of ether oxygens (including phenoxy) is 1. The van der Waals surface area contributed by atoms with Gasteiger partial charge in [0.05, 0.1) is 0 Å².